The molecule has 23 heavy (non-hydrogen) atoms. The summed E-state index contributed by atoms with van der Waals surface area (Å²) in [5.74, 6) is 0.742. The van der Waals surface area contributed by atoms with Gasteiger partial charge in [-0.25, -0.2) is 0 Å². The Kier molecular flexibility index (Phi) is 5.71. The molecular formula is C20H22ClNO. The highest BCUT2D eigenvalue weighted by Crippen LogP contribution is 2.32. The Morgan fingerprint density at radius 1 is 1.00 bits per heavy atom. The average Bonchev–Trinajstić information content (AvgIpc) is 2.61. The van der Waals surface area contributed by atoms with Gasteiger partial charge in [0.2, 0.25) is 0 Å². The van der Waals surface area contributed by atoms with E-state index in [-0.39, 0.29) is 0 Å². The lowest BCUT2D eigenvalue weighted by molar-refractivity contribution is 0.132. The van der Waals surface area contributed by atoms with Gasteiger partial charge in [0.25, 0.3) is 0 Å². The number of halogens is 1. The molecule has 2 nitrogen and oxygen atoms in total. The fraction of sp³-hybridized carbons (Fsp3) is 0.350. The van der Waals surface area contributed by atoms with E-state index in [1.54, 1.807) is 6.21 Å². The van der Waals surface area contributed by atoms with Gasteiger partial charge in [-0.05, 0) is 36.0 Å². The Morgan fingerprint density at radius 2 is 1.74 bits per heavy atom. The molecule has 0 aliphatic heterocycles. The van der Waals surface area contributed by atoms with E-state index in [0.29, 0.717) is 11.6 Å². The maximum Gasteiger partial charge on any atom is 0.143 e. The fourth-order valence-corrected chi connectivity index (χ4v) is 3.30. The monoisotopic (exact) mass is 327 g/mol. The fourth-order valence-electron chi connectivity index (χ4n) is 3.11. The number of benzene rings is 2. The van der Waals surface area contributed by atoms with Gasteiger partial charge in [-0.2, -0.15) is 0 Å². The lowest BCUT2D eigenvalue weighted by atomic mass is 9.84. The summed E-state index contributed by atoms with van der Waals surface area (Å²) in [7, 11) is 0. The van der Waals surface area contributed by atoms with Crippen molar-refractivity contribution in [3.05, 3.63) is 70.2 Å². The summed E-state index contributed by atoms with van der Waals surface area (Å²) in [4.78, 5) is 5.34. The first kappa shape index (κ1) is 16.1. The van der Waals surface area contributed by atoms with Crippen molar-refractivity contribution in [2.45, 2.75) is 44.6 Å². The zero-order valence-electron chi connectivity index (χ0n) is 13.2. The van der Waals surface area contributed by atoms with E-state index in [2.05, 4.69) is 29.4 Å². The summed E-state index contributed by atoms with van der Waals surface area (Å²) >= 11 is 6.08. The first-order chi connectivity index (χ1) is 11.3. The molecule has 0 atom stereocenters. The van der Waals surface area contributed by atoms with Gasteiger partial charge in [-0.1, -0.05) is 78.5 Å². The number of hydrogen-bond acceptors (Lipinski definition) is 2. The lowest BCUT2D eigenvalue weighted by Crippen LogP contribution is -2.04. The Labute approximate surface area is 143 Å². The minimum Gasteiger partial charge on any atom is -0.391 e. The third-order valence-electron chi connectivity index (χ3n) is 4.47. The van der Waals surface area contributed by atoms with Crippen LogP contribution < -0.4 is 0 Å². The van der Waals surface area contributed by atoms with Gasteiger partial charge in [-0.15, -0.1) is 0 Å². The van der Waals surface area contributed by atoms with Gasteiger partial charge in [0.05, 0.1) is 6.21 Å². The van der Waals surface area contributed by atoms with Crippen LogP contribution in [0.25, 0.3) is 0 Å². The minimum absolute atomic E-state index is 0.385. The molecule has 1 aliphatic rings. The molecule has 3 heteroatoms. The molecule has 0 saturated heterocycles. The zero-order valence-corrected chi connectivity index (χ0v) is 14.0. The first-order valence-corrected chi connectivity index (χ1v) is 8.69. The molecular weight excluding hydrogens is 306 g/mol. The van der Waals surface area contributed by atoms with Crippen molar-refractivity contribution >= 4 is 17.8 Å². The molecule has 1 fully saturated rings. The second-order valence-electron chi connectivity index (χ2n) is 6.10. The number of rotatable bonds is 5. The van der Waals surface area contributed by atoms with Crippen molar-refractivity contribution in [3.63, 3.8) is 0 Å². The van der Waals surface area contributed by atoms with Crippen LogP contribution in [0.3, 0.4) is 0 Å². The molecule has 0 heterocycles. The van der Waals surface area contributed by atoms with E-state index in [9.17, 15) is 0 Å². The van der Waals surface area contributed by atoms with Crippen molar-refractivity contribution in [2.24, 2.45) is 5.16 Å². The van der Waals surface area contributed by atoms with Gasteiger partial charge < -0.3 is 4.84 Å². The van der Waals surface area contributed by atoms with Crippen LogP contribution in [-0.2, 0) is 11.4 Å². The highest BCUT2D eigenvalue weighted by Gasteiger charge is 2.14. The standard InChI is InChI=1S/C20H22ClNO/c21-20-9-5-4-8-19(20)15-23-22-14-16-10-12-18(13-11-16)17-6-2-1-3-7-17/h4-5,8-14,17H,1-3,6-7,15H2. The SMILES string of the molecule is Clc1ccccc1CON=Cc1ccc(C2CCCCC2)cc1. The van der Waals surface area contributed by atoms with Crippen LogP contribution >= 0.6 is 11.6 Å². The topological polar surface area (TPSA) is 21.6 Å². The zero-order chi connectivity index (χ0) is 15.9. The molecule has 3 rings (SSSR count). The van der Waals surface area contributed by atoms with E-state index in [1.807, 2.05) is 24.3 Å². The van der Waals surface area contributed by atoms with Gasteiger partial charge in [0.1, 0.15) is 6.61 Å². The van der Waals surface area contributed by atoms with E-state index in [0.717, 1.165) is 17.0 Å². The number of hydrogen-bond donors (Lipinski definition) is 0. The molecule has 1 aliphatic carbocycles. The Morgan fingerprint density at radius 3 is 2.48 bits per heavy atom. The predicted molar refractivity (Wildman–Crippen MR) is 96.1 cm³/mol. The van der Waals surface area contributed by atoms with Crippen LogP contribution in [0, 0.1) is 0 Å². The van der Waals surface area contributed by atoms with Crippen molar-refractivity contribution < 1.29 is 4.84 Å². The highest BCUT2D eigenvalue weighted by molar-refractivity contribution is 6.31. The number of nitrogens with zero attached hydrogens (tertiary/aromatic N) is 1. The smallest absolute Gasteiger partial charge is 0.143 e. The summed E-state index contributed by atoms with van der Waals surface area (Å²) in [5.41, 5.74) is 3.46. The molecule has 0 amide bonds. The Balaban J connectivity index is 1.52. The largest absolute Gasteiger partial charge is 0.391 e. The van der Waals surface area contributed by atoms with Crippen LogP contribution in [0.15, 0.2) is 53.7 Å². The van der Waals surface area contributed by atoms with Crippen molar-refractivity contribution in [1.29, 1.82) is 0 Å². The molecule has 2 aromatic carbocycles. The molecule has 0 aromatic heterocycles. The predicted octanol–water partition coefficient (Wildman–Crippen LogP) is 5.94. The minimum atomic E-state index is 0.385. The molecule has 0 radical (unpaired) electrons. The van der Waals surface area contributed by atoms with Gasteiger partial charge in [-0.3, -0.25) is 0 Å². The molecule has 2 aromatic rings. The van der Waals surface area contributed by atoms with Crippen LogP contribution in [0.4, 0.5) is 0 Å². The van der Waals surface area contributed by atoms with E-state index in [1.165, 1.54) is 37.7 Å². The Bertz CT molecular complexity index is 645. The summed E-state index contributed by atoms with van der Waals surface area (Å²) < 4.78 is 0. The average molecular weight is 328 g/mol. The summed E-state index contributed by atoms with van der Waals surface area (Å²) in [6, 6.07) is 16.3. The van der Waals surface area contributed by atoms with E-state index >= 15 is 0 Å². The van der Waals surface area contributed by atoms with Crippen molar-refractivity contribution in [1.82, 2.24) is 0 Å². The van der Waals surface area contributed by atoms with Gasteiger partial charge in [0, 0.05) is 10.6 Å². The molecule has 120 valence electrons. The molecule has 0 spiro atoms. The van der Waals surface area contributed by atoms with Crippen LogP contribution in [0.5, 0.6) is 0 Å². The molecule has 1 saturated carbocycles. The van der Waals surface area contributed by atoms with Crippen molar-refractivity contribution in [3.8, 4) is 0 Å². The summed E-state index contributed by atoms with van der Waals surface area (Å²) in [6.45, 7) is 0.385. The first-order valence-electron chi connectivity index (χ1n) is 8.31. The second-order valence-corrected chi connectivity index (χ2v) is 6.51. The highest BCUT2D eigenvalue weighted by atomic mass is 35.5. The van der Waals surface area contributed by atoms with E-state index < -0.39 is 0 Å². The van der Waals surface area contributed by atoms with Crippen LogP contribution in [0.2, 0.25) is 5.02 Å². The normalized spacial score (nSPS) is 15.9. The molecule has 0 unspecified atom stereocenters. The lowest BCUT2D eigenvalue weighted by Gasteiger charge is -2.21. The summed E-state index contributed by atoms with van der Waals surface area (Å²) in [6.07, 6.45) is 8.53. The second kappa shape index (κ2) is 8.16. The van der Waals surface area contributed by atoms with Crippen LogP contribution in [0.1, 0.15) is 54.7 Å². The molecule has 0 bridgehead atoms. The quantitative estimate of drug-likeness (QED) is 0.492. The molecule has 0 N–H and O–H groups in total. The third-order valence-corrected chi connectivity index (χ3v) is 4.84. The maximum atomic E-state index is 6.08. The maximum absolute atomic E-state index is 6.08. The van der Waals surface area contributed by atoms with Crippen LogP contribution in [-0.4, -0.2) is 6.21 Å². The van der Waals surface area contributed by atoms with E-state index in [4.69, 9.17) is 16.4 Å². The van der Waals surface area contributed by atoms with Crippen molar-refractivity contribution in [2.75, 3.05) is 0 Å². The number of oxime groups is 1. The third kappa shape index (κ3) is 4.59. The van der Waals surface area contributed by atoms with Gasteiger partial charge >= 0.3 is 0 Å². The summed E-state index contributed by atoms with van der Waals surface area (Å²) in [5, 5.41) is 4.74. The van der Waals surface area contributed by atoms with Gasteiger partial charge in [0.15, 0.2) is 0 Å². The Hall–Kier alpha value is -1.80.